The molecule has 3 aliphatic heterocycles. The third-order valence-electron chi connectivity index (χ3n) is 4.31. The minimum atomic E-state index is -4.99. The summed E-state index contributed by atoms with van der Waals surface area (Å²) in [7, 11) is 0. The molecule has 0 saturated carbocycles. The predicted octanol–water partition coefficient (Wildman–Crippen LogP) is -0.0765. The number of hydrogen-bond acceptors (Lipinski definition) is 7. The van der Waals surface area contributed by atoms with Crippen LogP contribution >= 0.6 is 11.8 Å². The largest absolute Gasteiger partial charge is 0.419 e. The SMILES string of the molecule is CC(O)([C@H]1O[C@@H]2SC(N3CCC3)=N[C@@H]2[C@@H](O)[C@@H]1O)C(F)(F)F. The summed E-state index contributed by atoms with van der Waals surface area (Å²) < 4.78 is 44.2. The quantitative estimate of drug-likeness (QED) is 0.618. The van der Waals surface area contributed by atoms with Crippen molar-refractivity contribution in [2.75, 3.05) is 13.1 Å². The number of likely N-dealkylation sites (tertiary alicyclic amines) is 1. The number of fused-ring (bicyclic) bond motifs is 1. The highest BCUT2D eigenvalue weighted by atomic mass is 32.2. The number of aliphatic hydroxyl groups is 3. The topological polar surface area (TPSA) is 85.5 Å². The Balaban J connectivity index is 1.80. The standard InChI is InChI=1S/C12H17F3N2O4S/c1-11(20,12(13,14)15)8-7(19)6(18)5-9(21-8)22-10(16-5)17-3-2-4-17/h5-9,18-20H,2-4H2,1H3/t5-,6-,7+,8+,9-,11?/m1/s1. The van der Waals surface area contributed by atoms with Crippen molar-refractivity contribution in [3.05, 3.63) is 0 Å². The average Bonchev–Trinajstić information content (AvgIpc) is 2.73. The van der Waals surface area contributed by atoms with Crippen LogP contribution in [0.5, 0.6) is 0 Å². The van der Waals surface area contributed by atoms with Gasteiger partial charge in [-0.1, -0.05) is 11.8 Å². The van der Waals surface area contributed by atoms with Crippen LogP contribution in [0, 0.1) is 0 Å². The first kappa shape index (κ1) is 16.3. The fourth-order valence-electron chi connectivity index (χ4n) is 2.63. The van der Waals surface area contributed by atoms with Crippen LogP contribution < -0.4 is 0 Å². The first-order chi connectivity index (χ1) is 10.1. The van der Waals surface area contributed by atoms with Crippen LogP contribution in [-0.2, 0) is 4.74 Å². The normalized spacial score (nSPS) is 41.5. The van der Waals surface area contributed by atoms with Gasteiger partial charge in [-0.2, -0.15) is 13.2 Å². The van der Waals surface area contributed by atoms with E-state index in [1.807, 2.05) is 4.90 Å². The van der Waals surface area contributed by atoms with Gasteiger partial charge in [0.1, 0.15) is 29.8 Å². The highest BCUT2D eigenvalue weighted by Gasteiger charge is 2.63. The molecule has 126 valence electrons. The molecule has 1 unspecified atom stereocenters. The van der Waals surface area contributed by atoms with Crippen LogP contribution in [0.2, 0.25) is 0 Å². The first-order valence-electron chi connectivity index (χ1n) is 6.93. The van der Waals surface area contributed by atoms with Crippen molar-refractivity contribution in [2.24, 2.45) is 4.99 Å². The minimum absolute atomic E-state index is 0.532. The molecule has 0 spiro atoms. The Morgan fingerprint density at radius 1 is 1.27 bits per heavy atom. The maximum Gasteiger partial charge on any atom is 0.419 e. The van der Waals surface area contributed by atoms with E-state index in [4.69, 9.17) is 4.74 Å². The Bertz CT molecular complexity index is 483. The zero-order valence-corrected chi connectivity index (χ0v) is 12.5. The smallest absolute Gasteiger partial charge is 0.388 e. The second-order valence-electron chi connectivity index (χ2n) is 5.91. The number of nitrogens with zero attached hydrogens (tertiary/aromatic N) is 2. The number of aliphatic hydroxyl groups excluding tert-OH is 2. The van der Waals surface area contributed by atoms with Gasteiger partial charge >= 0.3 is 6.18 Å². The molecule has 0 aliphatic carbocycles. The van der Waals surface area contributed by atoms with E-state index in [2.05, 4.69) is 4.99 Å². The van der Waals surface area contributed by atoms with Crippen molar-refractivity contribution < 1.29 is 33.2 Å². The summed E-state index contributed by atoms with van der Waals surface area (Å²) in [6, 6.07) is -0.837. The van der Waals surface area contributed by atoms with E-state index in [1.54, 1.807) is 0 Å². The van der Waals surface area contributed by atoms with E-state index >= 15 is 0 Å². The number of alkyl halides is 3. The first-order valence-corrected chi connectivity index (χ1v) is 7.81. The lowest BCUT2D eigenvalue weighted by atomic mass is 9.87. The van der Waals surface area contributed by atoms with Crippen LogP contribution in [0.15, 0.2) is 4.99 Å². The summed E-state index contributed by atoms with van der Waals surface area (Å²) in [5.41, 5.74) is -4.12. The number of amidine groups is 1. The Morgan fingerprint density at radius 3 is 2.41 bits per heavy atom. The van der Waals surface area contributed by atoms with Crippen LogP contribution in [0.1, 0.15) is 13.3 Å². The molecule has 6 nitrogen and oxygen atoms in total. The predicted molar refractivity (Wildman–Crippen MR) is 72.4 cm³/mol. The third kappa shape index (κ3) is 2.41. The Labute approximate surface area is 129 Å². The Kier molecular flexibility index (Phi) is 3.88. The molecule has 6 atom stereocenters. The van der Waals surface area contributed by atoms with E-state index in [-0.39, 0.29) is 0 Å². The number of ether oxygens (including phenoxy) is 1. The molecule has 3 aliphatic rings. The van der Waals surface area contributed by atoms with Crippen molar-refractivity contribution in [3.63, 3.8) is 0 Å². The molecular weight excluding hydrogens is 325 g/mol. The summed E-state index contributed by atoms with van der Waals surface area (Å²) in [6.07, 6.45) is -9.36. The average molecular weight is 342 g/mol. The van der Waals surface area contributed by atoms with E-state index in [9.17, 15) is 28.5 Å². The van der Waals surface area contributed by atoms with E-state index in [0.717, 1.165) is 31.3 Å². The molecule has 3 rings (SSSR count). The van der Waals surface area contributed by atoms with Crippen LogP contribution in [0.4, 0.5) is 13.2 Å². The number of hydrogen-bond donors (Lipinski definition) is 3. The molecule has 3 N–H and O–H groups in total. The fraction of sp³-hybridized carbons (Fsp3) is 0.917. The van der Waals surface area contributed by atoms with Crippen LogP contribution in [0.25, 0.3) is 0 Å². The van der Waals surface area contributed by atoms with Gasteiger partial charge in [0.25, 0.3) is 0 Å². The van der Waals surface area contributed by atoms with Crippen LogP contribution in [0.3, 0.4) is 0 Å². The molecule has 10 heteroatoms. The number of halogens is 3. The maximum atomic E-state index is 13.0. The Morgan fingerprint density at radius 2 is 1.91 bits per heavy atom. The molecule has 0 aromatic heterocycles. The second-order valence-corrected chi connectivity index (χ2v) is 6.98. The van der Waals surface area contributed by atoms with Gasteiger partial charge in [0.2, 0.25) is 0 Å². The molecule has 0 aromatic carbocycles. The van der Waals surface area contributed by atoms with Gasteiger partial charge in [-0.3, -0.25) is 4.99 Å². The van der Waals surface area contributed by atoms with Crippen molar-refractivity contribution in [1.82, 2.24) is 4.90 Å². The number of thioether (sulfide) groups is 1. The third-order valence-corrected chi connectivity index (χ3v) is 5.50. The zero-order chi connectivity index (χ0) is 16.3. The molecular formula is C12H17F3N2O4S. The van der Waals surface area contributed by atoms with Gasteiger partial charge < -0.3 is 25.0 Å². The summed E-state index contributed by atoms with van der Waals surface area (Å²) in [5, 5.41) is 30.4. The zero-order valence-electron chi connectivity index (χ0n) is 11.7. The van der Waals surface area contributed by atoms with Crippen molar-refractivity contribution in [3.8, 4) is 0 Å². The van der Waals surface area contributed by atoms with Crippen molar-refractivity contribution >= 4 is 16.9 Å². The van der Waals surface area contributed by atoms with Gasteiger partial charge in [-0.05, 0) is 13.3 Å². The van der Waals surface area contributed by atoms with Gasteiger partial charge in [0.15, 0.2) is 10.8 Å². The van der Waals surface area contributed by atoms with Gasteiger partial charge in [0.05, 0.1) is 0 Å². The summed E-state index contributed by atoms with van der Waals surface area (Å²) in [4.78, 5) is 6.18. The van der Waals surface area contributed by atoms with E-state index in [1.165, 1.54) is 0 Å². The van der Waals surface area contributed by atoms with Gasteiger partial charge in [0, 0.05) is 13.1 Å². The summed E-state index contributed by atoms with van der Waals surface area (Å²) in [6.45, 7) is 2.13. The lowest BCUT2D eigenvalue weighted by Gasteiger charge is -2.44. The summed E-state index contributed by atoms with van der Waals surface area (Å²) in [5.74, 6) is 0. The maximum absolute atomic E-state index is 13.0. The van der Waals surface area contributed by atoms with Crippen molar-refractivity contribution in [2.45, 2.75) is 54.9 Å². The van der Waals surface area contributed by atoms with Gasteiger partial charge in [-0.25, -0.2) is 0 Å². The molecule has 3 heterocycles. The number of aliphatic imine (C=N–C) groups is 1. The molecule has 2 fully saturated rings. The molecule has 0 amide bonds. The molecule has 0 bridgehead atoms. The summed E-state index contributed by atoms with van der Waals surface area (Å²) >= 11 is 1.12. The molecule has 2 saturated heterocycles. The molecule has 0 radical (unpaired) electrons. The monoisotopic (exact) mass is 342 g/mol. The molecule has 0 aromatic rings. The lowest BCUT2D eigenvalue weighted by molar-refractivity contribution is -0.317. The molecule has 22 heavy (non-hydrogen) atoms. The second kappa shape index (κ2) is 5.23. The minimum Gasteiger partial charge on any atom is -0.388 e. The fourth-order valence-corrected chi connectivity index (χ4v) is 3.89. The highest BCUT2D eigenvalue weighted by molar-refractivity contribution is 8.14. The van der Waals surface area contributed by atoms with E-state index < -0.39 is 41.6 Å². The Hall–Kier alpha value is -0.550. The highest BCUT2D eigenvalue weighted by Crippen LogP contribution is 2.44. The number of rotatable bonds is 1. The van der Waals surface area contributed by atoms with Crippen LogP contribution in [-0.4, -0.2) is 80.0 Å². The van der Waals surface area contributed by atoms with Crippen molar-refractivity contribution in [1.29, 1.82) is 0 Å². The van der Waals surface area contributed by atoms with E-state index in [0.29, 0.717) is 12.1 Å². The lowest BCUT2D eigenvalue weighted by Crippen LogP contribution is -2.66. The van der Waals surface area contributed by atoms with Gasteiger partial charge in [-0.15, -0.1) is 0 Å².